The van der Waals surface area contributed by atoms with E-state index in [4.69, 9.17) is 16.9 Å². The molecule has 0 aliphatic rings. The molecule has 0 unspecified atom stereocenters. The third-order valence-corrected chi connectivity index (χ3v) is 2.93. The maximum atomic E-state index is 13.2. The Balaban J connectivity index is 2.84. The fourth-order valence-corrected chi connectivity index (χ4v) is 2.19. The first kappa shape index (κ1) is 8.49. The van der Waals surface area contributed by atoms with Crippen molar-refractivity contribution in [2.24, 2.45) is 0 Å². The monoisotopic (exact) mass is 211 g/mol. The Morgan fingerprint density at radius 2 is 2.15 bits per heavy atom. The molecule has 1 aromatic carbocycles. The summed E-state index contributed by atoms with van der Waals surface area (Å²) in [6.45, 7) is 0. The van der Waals surface area contributed by atoms with Crippen LogP contribution >= 0.6 is 22.9 Å². The molecule has 0 radical (unpaired) electrons. The fraction of sp³-hybridized carbons (Fsp3) is 0. The molecule has 0 atom stereocenters. The van der Waals surface area contributed by atoms with Gasteiger partial charge in [-0.1, -0.05) is 11.6 Å². The van der Waals surface area contributed by atoms with Crippen molar-refractivity contribution in [2.45, 2.75) is 0 Å². The molecule has 0 fully saturated rings. The summed E-state index contributed by atoms with van der Waals surface area (Å²) in [5.41, 5.74) is 0. The van der Waals surface area contributed by atoms with Gasteiger partial charge in [-0.3, -0.25) is 0 Å². The first-order valence-corrected chi connectivity index (χ1v) is 4.69. The molecule has 0 amide bonds. The minimum atomic E-state index is -0.367. The van der Waals surface area contributed by atoms with Crippen molar-refractivity contribution in [3.63, 3.8) is 0 Å². The van der Waals surface area contributed by atoms with E-state index in [1.165, 1.54) is 6.07 Å². The first-order chi connectivity index (χ1) is 6.20. The lowest BCUT2D eigenvalue weighted by Crippen LogP contribution is -1.72. The number of halogens is 2. The van der Waals surface area contributed by atoms with Crippen LogP contribution in [0.4, 0.5) is 4.39 Å². The van der Waals surface area contributed by atoms with Crippen molar-refractivity contribution >= 4 is 33.0 Å². The van der Waals surface area contributed by atoms with Gasteiger partial charge in [-0.05, 0) is 23.6 Å². The second-order valence-electron chi connectivity index (χ2n) is 2.53. The van der Waals surface area contributed by atoms with Gasteiger partial charge in [0.05, 0.1) is 4.70 Å². The Kier molecular flexibility index (Phi) is 1.95. The molecule has 1 aromatic heterocycles. The van der Waals surface area contributed by atoms with Gasteiger partial charge in [0.25, 0.3) is 0 Å². The van der Waals surface area contributed by atoms with Crippen LogP contribution in [-0.4, -0.2) is 0 Å². The molecular weight excluding hydrogens is 209 g/mol. The highest BCUT2D eigenvalue weighted by atomic mass is 35.5. The van der Waals surface area contributed by atoms with Gasteiger partial charge in [-0.25, -0.2) is 4.39 Å². The number of hydrogen-bond acceptors (Lipinski definition) is 2. The number of thiophene rings is 1. The van der Waals surface area contributed by atoms with Gasteiger partial charge in [0, 0.05) is 5.02 Å². The summed E-state index contributed by atoms with van der Waals surface area (Å²) in [6.07, 6.45) is 0. The number of hydrogen-bond donors (Lipinski definition) is 0. The molecule has 0 bridgehead atoms. The largest absolute Gasteiger partial charge is 0.205 e. The molecular formula is C9H3ClFNS. The standard InChI is InChI=1S/C9H3ClFNS/c10-6-1-5-2-7(4-12)13-9(5)8(11)3-6/h1-3H. The van der Waals surface area contributed by atoms with Crippen LogP contribution in [0, 0.1) is 17.1 Å². The summed E-state index contributed by atoms with van der Waals surface area (Å²) >= 11 is 6.80. The average molecular weight is 212 g/mol. The van der Waals surface area contributed by atoms with Crippen LogP contribution in [0.3, 0.4) is 0 Å². The zero-order chi connectivity index (χ0) is 9.42. The van der Waals surface area contributed by atoms with Crippen LogP contribution in [0.5, 0.6) is 0 Å². The molecule has 2 aromatic rings. The topological polar surface area (TPSA) is 23.8 Å². The van der Waals surface area contributed by atoms with Crippen molar-refractivity contribution < 1.29 is 4.39 Å². The second kappa shape index (κ2) is 2.99. The highest BCUT2D eigenvalue weighted by Gasteiger charge is 2.07. The second-order valence-corrected chi connectivity index (χ2v) is 4.02. The Labute approximate surface area is 83.0 Å². The van der Waals surface area contributed by atoms with Crippen molar-refractivity contribution in [2.75, 3.05) is 0 Å². The zero-order valence-electron chi connectivity index (χ0n) is 6.34. The fourth-order valence-electron chi connectivity index (χ4n) is 1.13. The summed E-state index contributed by atoms with van der Waals surface area (Å²) < 4.78 is 13.7. The molecule has 64 valence electrons. The predicted molar refractivity (Wildman–Crippen MR) is 51.5 cm³/mol. The van der Waals surface area contributed by atoms with E-state index >= 15 is 0 Å². The van der Waals surface area contributed by atoms with Crippen LogP contribution in [-0.2, 0) is 0 Å². The minimum Gasteiger partial charge on any atom is -0.205 e. The van der Waals surface area contributed by atoms with Gasteiger partial charge in [0.2, 0.25) is 0 Å². The number of rotatable bonds is 0. The Morgan fingerprint density at radius 3 is 2.85 bits per heavy atom. The van der Waals surface area contributed by atoms with Gasteiger partial charge < -0.3 is 0 Å². The van der Waals surface area contributed by atoms with Crippen LogP contribution in [0.2, 0.25) is 5.02 Å². The molecule has 1 nitrogen and oxygen atoms in total. The van der Waals surface area contributed by atoms with Gasteiger partial charge in [-0.2, -0.15) is 5.26 Å². The number of benzene rings is 1. The summed E-state index contributed by atoms with van der Waals surface area (Å²) in [5.74, 6) is -0.367. The van der Waals surface area contributed by atoms with E-state index in [0.717, 1.165) is 11.3 Å². The van der Waals surface area contributed by atoms with Crippen molar-refractivity contribution in [1.29, 1.82) is 5.26 Å². The van der Waals surface area contributed by atoms with Gasteiger partial charge in [0.15, 0.2) is 0 Å². The number of nitrogens with zero attached hydrogens (tertiary/aromatic N) is 1. The molecule has 4 heteroatoms. The van der Waals surface area contributed by atoms with Crippen molar-refractivity contribution in [3.05, 3.63) is 33.9 Å². The van der Waals surface area contributed by atoms with E-state index in [9.17, 15) is 4.39 Å². The highest BCUT2D eigenvalue weighted by molar-refractivity contribution is 7.19. The number of fused-ring (bicyclic) bond motifs is 1. The quantitative estimate of drug-likeness (QED) is 0.654. The van der Waals surface area contributed by atoms with E-state index in [2.05, 4.69) is 0 Å². The summed E-state index contributed by atoms with van der Waals surface area (Å²) in [7, 11) is 0. The Morgan fingerprint density at radius 1 is 1.38 bits per heavy atom. The molecule has 0 saturated heterocycles. The molecule has 0 N–H and O–H groups in total. The third kappa shape index (κ3) is 1.39. The predicted octanol–water partition coefficient (Wildman–Crippen LogP) is 3.57. The highest BCUT2D eigenvalue weighted by Crippen LogP contribution is 2.30. The normalized spacial score (nSPS) is 10.2. The summed E-state index contributed by atoms with van der Waals surface area (Å²) in [4.78, 5) is 0.496. The minimum absolute atomic E-state index is 0.354. The SMILES string of the molecule is N#Cc1cc2cc(Cl)cc(F)c2s1. The van der Waals surface area contributed by atoms with Crippen molar-refractivity contribution in [1.82, 2.24) is 0 Å². The maximum absolute atomic E-state index is 13.2. The van der Waals surface area contributed by atoms with Gasteiger partial charge in [-0.15, -0.1) is 11.3 Å². The molecule has 0 saturated carbocycles. The molecule has 0 aliphatic heterocycles. The average Bonchev–Trinajstić information content (AvgIpc) is 2.47. The van der Waals surface area contributed by atoms with E-state index in [0.29, 0.717) is 20.0 Å². The Hall–Kier alpha value is -1.11. The molecule has 2 rings (SSSR count). The lowest BCUT2D eigenvalue weighted by Gasteiger charge is -1.92. The smallest absolute Gasteiger partial charge is 0.142 e. The van der Waals surface area contributed by atoms with Crippen LogP contribution < -0.4 is 0 Å². The Bertz CT molecular complexity index is 512. The first-order valence-electron chi connectivity index (χ1n) is 3.49. The molecule has 13 heavy (non-hydrogen) atoms. The van der Waals surface area contributed by atoms with Crippen LogP contribution in [0.15, 0.2) is 18.2 Å². The summed E-state index contributed by atoms with van der Waals surface area (Å²) in [6, 6.07) is 6.51. The lowest BCUT2D eigenvalue weighted by molar-refractivity contribution is 0.642. The van der Waals surface area contributed by atoms with Crippen molar-refractivity contribution in [3.8, 4) is 6.07 Å². The molecule has 0 aliphatic carbocycles. The molecule has 0 spiro atoms. The van der Waals surface area contributed by atoms with Gasteiger partial charge >= 0.3 is 0 Å². The molecule has 1 heterocycles. The zero-order valence-corrected chi connectivity index (χ0v) is 7.92. The van der Waals surface area contributed by atoms with E-state index < -0.39 is 0 Å². The third-order valence-electron chi connectivity index (χ3n) is 1.65. The van der Waals surface area contributed by atoms with Crippen LogP contribution in [0.1, 0.15) is 4.88 Å². The number of nitriles is 1. The maximum Gasteiger partial charge on any atom is 0.142 e. The van der Waals surface area contributed by atoms with E-state index in [1.54, 1.807) is 12.1 Å². The lowest BCUT2D eigenvalue weighted by atomic mass is 10.2. The van der Waals surface area contributed by atoms with E-state index in [-0.39, 0.29) is 5.82 Å². The summed E-state index contributed by atoms with van der Waals surface area (Å²) in [5, 5.41) is 9.64. The van der Waals surface area contributed by atoms with Crippen LogP contribution in [0.25, 0.3) is 10.1 Å². The van der Waals surface area contributed by atoms with Gasteiger partial charge in [0.1, 0.15) is 16.8 Å². The van der Waals surface area contributed by atoms with E-state index in [1.807, 2.05) is 6.07 Å².